The molecule has 0 fully saturated rings. The summed E-state index contributed by atoms with van der Waals surface area (Å²) in [5.74, 6) is 2.65. The van der Waals surface area contributed by atoms with E-state index < -0.39 is 6.00 Å². The highest BCUT2D eigenvalue weighted by atomic mass is 35.8. The summed E-state index contributed by atoms with van der Waals surface area (Å²) in [7, 11) is 1.64. The molecular formula is C10H13Cl3O2Si. The number of methoxy groups -OCH3 is 1. The summed E-state index contributed by atoms with van der Waals surface area (Å²) in [6, 6.07) is 4.24. The van der Waals surface area contributed by atoms with Crippen molar-refractivity contribution < 1.29 is 9.47 Å². The van der Waals surface area contributed by atoms with Crippen molar-refractivity contribution in [3.8, 4) is 17.2 Å². The first-order valence-corrected chi connectivity index (χ1v) is 10.1. The standard InChI is InChI=1S/C7H6O2.C3H7Cl3Si/c1-8-5-3-2-4-6-7(5)9-6;1-2-3-7(4,5)6/h2-4H,1H3;2-3H2,1H3. The van der Waals surface area contributed by atoms with Gasteiger partial charge in [0.2, 0.25) is 5.75 Å². The predicted molar refractivity (Wildman–Crippen MR) is 71.5 cm³/mol. The lowest BCUT2D eigenvalue weighted by atomic mass is 10.3. The fraction of sp³-hybridized carbons (Fsp3) is 0.400. The average Bonchev–Trinajstić information content (AvgIpc) is 2.94. The molecule has 0 saturated carbocycles. The molecule has 0 unspecified atom stereocenters. The van der Waals surface area contributed by atoms with Crippen LogP contribution in [0.2, 0.25) is 6.04 Å². The second kappa shape index (κ2) is 6.01. The van der Waals surface area contributed by atoms with Crippen molar-refractivity contribution in [2.75, 3.05) is 7.11 Å². The van der Waals surface area contributed by atoms with Gasteiger partial charge in [-0.05, 0) is 18.2 Å². The fourth-order valence-corrected chi connectivity index (χ4v) is 3.38. The smallest absolute Gasteiger partial charge is 0.341 e. The Labute approximate surface area is 111 Å². The van der Waals surface area contributed by atoms with Gasteiger partial charge in [-0.1, -0.05) is 19.4 Å². The molecule has 0 aromatic heterocycles. The zero-order valence-corrected chi connectivity index (χ0v) is 12.4. The van der Waals surface area contributed by atoms with Crippen LogP contribution in [0.3, 0.4) is 0 Å². The van der Waals surface area contributed by atoms with Crippen molar-refractivity contribution >= 4 is 39.2 Å². The zero-order chi connectivity index (χ0) is 12.2. The summed E-state index contributed by atoms with van der Waals surface area (Å²) in [4.78, 5) is 0. The summed E-state index contributed by atoms with van der Waals surface area (Å²) in [5, 5.41) is 0. The summed E-state index contributed by atoms with van der Waals surface area (Å²) >= 11 is 16.5. The van der Waals surface area contributed by atoms with Crippen LogP contribution >= 0.6 is 33.2 Å². The van der Waals surface area contributed by atoms with Gasteiger partial charge in [0.1, 0.15) is 0 Å². The maximum atomic E-state index is 5.50. The van der Waals surface area contributed by atoms with E-state index in [2.05, 4.69) is 0 Å². The van der Waals surface area contributed by atoms with E-state index in [9.17, 15) is 0 Å². The Morgan fingerprint density at radius 2 is 2.00 bits per heavy atom. The summed E-state index contributed by atoms with van der Waals surface area (Å²) < 4.78 is 10.0. The minimum Gasteiger partial charge on any atom is -0.493 e. The Balaban J connectivity index is 0.000000168. The number of benzene rings is 1. The van der Waals surface area contributed by atoms with E-state index in [4.69, 9.17) is 42.7 Å². The van der Waals surface area contributed by atoms with E-state index in [1.807, 2.05) is 25.1 Å². The monoisotopic (exact) mass is 298 g/mol. The highest BCUT2D eigenvalue weighted by Crippen LogP contribution is 2.51. The average molecular weight is 300 g/mol. The molecule has 6 heteroatoms. The lowest BCUT2D eigenvalue weighted by Gasteiger charge is -2.01. The highest BCUT2D eigenvalue weighted by molar-refractivity contribution is 7.64. The molecule has 0 aliphatic carbocycles. The van der Waals surface area contributed by atoms with Gasteiger partial charge in [0.25, 0.3) is 0 Å². The number of ether oxygens (including phenoxy) is 2. The molecular weight excluding hydrogens is 287 g/mol. The third-order valence-electron chi connectivity index (χ3n) is 1.87. The van der Waals surface area contributed by atoms with E-state index in [0.29, 0.717) is 0 Å². The second-order valence-electron chi connectivity index (χ2n) is 3.25. The van der Waals surface area contributed by atoms with E-state index in [1.165, 1.54) is 0 Å². The molecule has 2 nitrogen and oxygen atoms in total. The number of hydrogen-bond acceptors (Lipinski definition) is 2. The van der Waals surface area contributed by atoms with Crippen molar-refractivity contribution in [3.05, 3.63) is 18.2 Å². The molecule has 1 aliphatic heterocycles. The number of rotatable bonds is 3. The molecule has 0 spiro atoms. The number of para-hydroxylation sites is 1. The minimum absolute atomic E-state index is 0.775. The van der Waals surface area contributed by atoms with Crippen LogP contribution in [-0.4, -0.2) is 13.1 Å². The van der Waals surface area contributed by atoms with Crippen LogP contribution in [-0.2, 0) is 0 Å². The molecule has 0 N–H and O–H groups in total. The zero-order valence-electron chi connectivity index (χ0n) is 9.10. The lowest BCUT2D eigenvalue weighted by molar-refractivity contribution is 0.408. The molecule has 1 aromatic rings. The van der Waals surface area contributed by atoms with Crippen LogP contribution in [0, 0.1) is 0 Å². The van der Waals surface area contributed by atoms with Crippen LogP contribution < -0.4 is 9.47 Å². The van der Waals surface area contributed by atoms with Gasteiger partial charge in [0.05, 0.1) is 7.11 Å². The summed E-state index contributed by atoms with van der Waals surface area (Å²) in [5.41, 5.74) is 0. The first-order valence-electron chi connectivity index (χ1n) is 4.89. The van der Waals surface area contributed by atoms with Gasteiger partial charge in [0.15, 0.2) is 11.5 Å². The van der Waals surface area contributed by atoms with Crippen LogP contribution in [0.5, 0.6) is 17.2 Å². The number of halogens is 3. The van der Waals surface area contributed by atoms with Crippen molar-refractivity contribution in [3.63, 3.8) is 0 Å². The summed E-state index contributed by atoms with van der Waals surface area (Å²) in [6.07, 6.45) is 0.975. The molecule has 16 heavy (non-hydrogen) atoms. The molecule has 1 aliphatic rings. The van der Waals surface area contributed by atoms with Crippen molar-refractivity contribution in [2.45, 2.75) is 19.4 Å². The van der Waals surface area contributed by atoms with Crippen LogP contribution in [0.25, 0.3) is 0 Å². The van der Waals surface area contributed by atoms with Gasteiger partial charge < -0.3 is 9.47 Å². The number of fused-ring (bicyclic) bond motifs is 1. The van der Waals surface area contributed by atoms with Crippen LogP contribution in [0.1, 0.15) is 13.3 Å². The molecule has 1 heterocycles. The van der Waals surface area contributed by atoms with Crippen LogP contribution in [0.15, 0.2) is 18.2 Å². The van der Waals surface area contributed by atoms with Crippen molar-refractivity contribution in [2.24, 2.45) is 0 Å². The molecule has 2 rings (SSSR count). The van der Waals surface area contributed by atoms with Crippen LogP contribution in [0.4, 0.5) is 0 Å². The van der Waals surface area contributed by atoms with Gasteiger partial charge in [-0.25, -0.2) is 0 Å². The Kier molecular flexibility index (Phi) is 5.25. The Morgan fingerprint density at radius 1 is 1.31 bits per heavy atom. The maximum Gasteiger partial charge on any atom is 0.341 e. The number of hydrogen-bond donors (Lipinski definition) is 0. The first-order chi connectivity index (χ1) is 7.48. The van der Waals surface area contributed by atoms with E-state index >= 15 is 0 Å². The third kappa shape index (κ3) is 4.83. The van der Waals surface area contributed by atoms with Gasteiger partial charge in [0, 0.05) is 0 Å². The molecule has 0 saturated heterocycles. The largest absolute Gasteiger partial charge is 0.493 e. The quantitative estimate of drug-likeness (QED) is 0.459. The second-order valence-corrected chi connectivity index (χ2v) is 12.5. The molecule has 0 amide bonds. The van der Waals surface area contributed by atoms with E-state index in [1.54, 1.807) is 7.11 Å². The molecule has 90 valence electrons. The van der Waals surface area contributed by atoms with Gasteiger partial charge in [-0.2, -0.15) is 0 Å². The Morgan fingerprint density at radius 3 is 2.38 bits per heavy atom. The first kappa shape index (κ1) is 14.0. The molecule has 0 atom stereocenters. The molecule has 1 aromatic carbocycles. The Bertz CT molecular complexity index is 352. The van der Waals surface area contributed by atoms with E-state index in [0.717, 1.165) is 29.7 Å². The van der Waals surface area contributed by atoms with Gasteiger partial charge in [-0.15, -0.1) is 33.2 Å². The predicted octanol–water partition coefficient (Wildman–Crippen LogP) is 4.85. The van der Waals surface area contributed by atoms with Crippen molar-refractivity contribution in [1.29, 1.82) is 0 Å². The maximum absolute atomic E-state index is 5.50. The van der Waals surface area contributed by atoms with Gasteiger partial charge >= 0.3 is 6.00 Å². The Hall–Kier alpha value is -0.0931. The topological polar surface area (TPSA) is 21.8 Å². The third-order valence-corrected chi connectivity index (χ3v) is 4.63. The van der Waals surface area contributed by atoms with E-state index in [-0.39, 0.29) is 0 Å². The SMILES string of the molecule is CCC[Si](Cl)(Cl)Cl.COc1cccc2c1O2. The highest BCUT2D eigenvalue weighted by Gasteiger charge is 2.24. The normalized spacial score (nSPS) is 11.8. The molecule has 0 bridgehead atoms. The van der Waals surface area contributed by atoms with Gasteiger partial charge in [-0.3, -0.25) is 0 Å². The fourth-order valence-electron chi connectivity index (χ4n) is 1.11. The van der Waals surface area contributed by atoms with Crippen molar-refractivity contribution in [1.82, 2.24) is 0 Å². The minimum atomic E-state index is -2.24. The molecule has 0 radical (unpaired) electrons. The lowest BCUT2D eigenvalue weighted by Crippen LogP contribution is -2.06. The summed E-state index contributed by atoms with van der Waals surface area (Å²) in [6.45, 7) is 2.01.